The van der Waals surface area contributed by atoms with Gasteiger partial charge >= 0.3 is 0 Å². The molecule has 0 atom stereocenters. The lowest BCUT2D eigenvalue weighted by atomic mass is 10.1. The predicted molar refractivity (Wildman–Crippen MR) is 114 cm³/mol. The van der Waals surface area contributed by atoms with Gasteiger partial charge in [-0.2, -0.15) is 5.26 Å². The van der Waals surface area contributed by atoms with Gasteiger partial charge < -0.3 is 4.74 Å². The largest absolute Gasteiger partial charge is 0.488 e. The Labute approximate surface area is 171 Å². The maximum absolute atomic E-state index is 12.8. The lowest BCUT2D eigenvalue weighted by molar-refractivity contribution is 0.305. The fourth-order valence-corrected chi connectivity index (χ4v) is 4.25. The van der Waals surface area contributed by atoms with E-state index in [-0.39, 0.29) is 9.80 Å². The molecule has 0 amide bonds. The van der Waals surface area contributed by atoms with E-state index in [1.807, 2.05) is 38.1 Å². The number of ether oxygens (including phenoxy) is 1. The van der Waals surface area contributed by atoms with Crippen molar-refractivity contribution in [3.63, 3.8) is 0 Å². The molecule has 0 N–H and O–H groups in total. The van der Waals surface area contributed by atoms with Crippen molar-refractivity contribution in [3.8, 4) is 11.8 Å². The van der Waals surface area contributed by atoms with Crippen molar-refractivity contribution >= 4 is 15.9 Å². The van der Waals surface area contributed by atoms with E-state index in [4.69, 9.17) is 4.74 Å². The summed E-state index contributed by atoms with van der Waals surface area (Å²) in [6, 6.07) is 23.0. The fraction of sp³-hybridized carbons (Fsp3) is 0.125. The van der Waals surface area contributed by atoms with Crippen LogP contribution in [0.15, 0.2) is 82.6 Å². The molecule has 29 heavy (non-hydrogen) atoms. The number of allylic oxidation sites excluding steroid dienone is 1. The Hall–Kier alpha value is -3.36. The molecule has 3 aromatic carbocycles. The Kier molecular flexibility index (Phi) is 6.16. The zero-order valence-electron chi connectivity index (χ0n) is 16.3. The minimum Gasteiger partial charge on any atom is -0.488 e. The third kappa shape index (κ3) is 4.92. The van der Waals surface area contributed by atoms with Crippen LogP contribution >= 0.6 is 0 Å². The van der Waals surface area contributed by atoms with E-state index in [1.54, 1.807) is 36.4 Å². The van der Waals surface area contributed by atoms with Gasteiger partial charge in [0.1, 0.15) is 23.3 Å². The summed E-state index contributed by atoms with van der Waals surface area (Å²) < 4.78 is 31.6. The summed E-state index contributed by atoms with van der Waals surface area (Å²) in [5.74, 6) is 0.516. The van der Waals surface area contributed by atoms with Crippen LogP contribution < -0.4 is 4.74 Å². The fourth-order valence-electron chi connectivity index (χ4n) is 3.08. The second kappa shape index (κ2) is 8.76. The molecule has 0 spiro atoms. The molecule has 0 aliphatic heterocycles. The Balaban J connectivity index is 1.92. The van der Waals surface area contributed by atoms with Crippen molar-refractivity contribution < 1.29 is 13.2 Å². The standard InChI is InChI=1S/C24H21NO3S/c1-18-12-19(2)14-20(13-18)17-28-24-11-7-6-8-21(24)15-23(16-25)29(26,27)22-9-4-3-5-10-22/h3-15H,17H2,1-2H3. The first-order chi connectivity index (χ1) is 13.9. The molecule has 0 radical (unpaired) electrons. The van der Waals surface area contributed by atoms with Gasteiger partial charge in [-0.15, -0.1) is 0 Å². The van der Waals surface area contributed by atoms with E-state index >= 15 is 0 Å². The van der Waals surface area contributed by atoms with Gasteiger partial charge in [0, 0.05) is 5.56 Å². The second-order valence-electron chi connectivity index (χ2n) is 6.76. The van der Waals surface area contributed by atoms with Gasteiger partial charge in [-0.3, -0.25) is 0 Å². The topological polar surface area (TPSA) is 67.2 Å². The molecule has 0 bridgehead atoms. The summed E-state index contributed by atoms with van der Waals surface area (Å²) in [6.07, 6.45) is 1.36. The molecule has 0 aliphatic rings. The van der Waals surface area contributed by atoms with E-state index < -0.39 is 9.84 Å². The van der Waals surface area contributed by atoms with Crippen LogP contribution in [0.4, 0.5) is 0 Å². The van der Waals surface area contributed by atoms with Gasteiger partial charge in [0.25, 0.3) is 0 Å². The Bertz CT molecular complexity index is 1170. The van der Waals surface area contributed by atoms with E-state index in [0.29, 0.717) is 17.9 Å². The number of aryl methyl sites for hydroxylation is 2. The van der Waals surface area contributed by atoms with Crippen LogP contribution in [0.5, 0.6) is 5.75 Å². The van der Waals surface area contributed by atoms with E-state index in [1.165, 1.54) is 18.2 Å². The Morgan fingerprint density at radius 1 is 0.966 bits per heavy atom. The van der Waals surface area contributed by atoms with Crippen molar-refractivity contribution in [3.05, 3.63) is 100.0 Å². The quantitative estimate of drug-likeness (QED) is 0.529. The molecule has 3 rings (SSSR count). The van der Waals surface area contributed by atoms with Crippen molar-refractivity contribution in [1.82, 2.24) is 0 Å². The maximum Gasteiger partial charge on any atom is 0.216 e. The van der Waals surface area contributed by atoms with Gasteiger partial charge in [-0.05, 0) is 43.7 Å². The summed E-state index contributed by atoms with van der Waals surface area (Å²) in [5, 5.41) is 9.51. The summed E-state index contributed by atoms with van der Waals surface area (Å²) in [4.78, 5) is -0.243. The van der Waals surface area contributed by atoms with E-state index in [0.717, 1.165) is 16.7 Å². The van der Waals surface area contributed by atoms with Crippen molar-refractivity contribution in [2.24, 2.45) is 0 Å². The van der Waals surface area contributed by atoms with Gasteiger partial charge in [0.05, 0.1) is 4.90 Å². The molecule has 0 aromatic heterocycles. The minimum atomic E-state index is -3.90. The number of sulfone groups is 1. The molecule has 146 valence electrons. The summed E-state index contributed by atoms with van der Waals surface area (Å²) >= 11 is 0. The van der Waals surface area contributed by atoms with Crippen LogP contribution in [0.25, 0.3) is 6.08 Å². The number of nitriles is 1. The molecule has 0 saturated carbocycles. The lowest BCUT2D eigenvalue weighted by Crippen LogP contribution is -2.04. The maximum atomic E-state index is 12.8. The highest BCUT2D eigenvalue weighted by Gasteiger charge is 2.21. The molecule has 4 nitrogen and oxygen atoms in total. The highest BCUT2D eigenvalue weighted by molar-refractivity contribution is 7.95. The first-order valence-electron chi connectivity index (χ1n) is 9.11. The highest BCUT2D eigenvalue weighted by Crippen LogP contribution is 2.26. The predicted octanol–water partition coefficient (Wildman–Crippen LogP) is 5.22. The summed E-state index contributed by atoms with van der Waals surface area (Å²) in [6.45, 7) is 4.41. The molecule has 0 heterocycles. The minimum absolute atomic E-state index is 0.0847. The van der Waals surface area contributed by atoms with E-state index in [2.05, 4.69) is 6.07 Å². The second-order valence-corrected chi connectivity index (χ2v) is 8.68. The highest BCUT2D eigenvalue weighted by atomic mass is 32.2. The zero-order chi connectivity index (χ0) is 20.9. The number of hydrogen-bond acceptors (Lipinski definition) is 4. The normalized spacial score (nSPS) is 11.7. The number of nitrogens with zero attached hydrogens (tertiary/aromatic N) is 1. The average Bonchev–Trinajstić information content (AvgIpc) is 2.71. The molecule has 0 aliphatic carbocycles. The van der Waals surface area contributed by atoms with Crippen molar-refractivity contribution in [1.29, 1.82) is 5.26 Å². The lowest BCUT2D eigenvalue weighted by Gasteiger charge is -2.11. The van der Waals surface area contributed by atoms with Crippen LogP contribution in [0.2, 0.25) is 0 Å². The molecular formula is C24H21NO3S. The Morgan fingerprint density at radius 3 is 2.24 bits per heavy atom. The molecule has 0 saturated heterocycles. The SMILES string of the molecule is Cc1cc(C)cc(COc2ccccc2C=C(C#N)S(=O)(=O)c2ccccc2)c1. The Morgan fingerprint density at radius 2 is 1.59 bits per heavy atom. The van der Waals surface area contributed by atoms with Crippen molar-refractivity contribution in [2.75, 3.05) is 0 Å². The van der Waals surface area contributed by atoms with Crippen molar-refractivity contribution in [2.45, 2.75) is 25.3 Å². The van der Waals surface area contributed by atoms with Crippen LogP contribution in [0.3, 0.4) is 0 Å². The number of rotatable bonds is 6. The third-order valence-electron chi connectivity index (χ3n) is 4.33. The van der Waals surface area contributed by atoms with Gasteiger partial charge in [0.2, 0.25) is 9.84 Å². The molecular weight excluding hydrogens is 382 g/mol. The number of hydrogen-bond donors (Lipinski definition) is 0. The van der Waals surface area contributed by atoms with Gasteiger partial charge in [-0.25, -0.2) is 8.42 Å². The molecule has 0 unspecified atom stereocenters. The number of benzene rings is 3. The van der Waals surface area contributed by atoms with Crippen LogP contribution in [-0.2, 0) is 16.4 Å². The number of para-hydroxylation sites is 1. The third-order valence-corrected chi connectivity index (χ3v) is 6.02. The smallest absolute Gasteiger partial charge is 0.216 e. The first kappa shape index (κ1) is 20.4. The molecule has 3 aromatic rings. The van der Waals surface area contributed by atoms with Gasteiger partial charge in [0.15, 0.2) is 0 Å². The summed E-state index contributed by atoms with van der Waals surface area (Å²) in [5.41, 5.74) is 3.86. The summed E-state index contributed by atoms with van der Waals surface area (Å²) in [7, 11) is -3.90. The average molecular weight is 404 g/mol. The first-order valence-corrected chi connectivity index (χ1v) is 10.6. The van der Waals surface area contributed by atoms with Crippen LogP contribution in [-0.4, -0.2) is 8.42 Å². The van der Waals surface area contributed by atoms with Crippen LogP contribution in [0.1, 0.15) is 22.3 Å². The van der Waals surface area contributed by atoms with Gasteiger partial charge in [-0.1, -0.05) is 65.7 Å². The monoisotopic (exact) mass is 403 g/mol. The molecule has 0 fully saturated rings. The van der Waals surface area contributed by atoms with Crippen LogP contribution in [0, 0.1) is 25.2 Å². The zero-order valence-corrected chi connectivity index (χ0v) is 17.1. The van der Waals surface area contributed by atoms with E-state index in [9.17, 15) is 13.7 Å². The molecule has 5 heteroatoms.